The summed E-state index contributed by atoms with van der Waals surface area (Å²) in [5.74, 6) is -1.00. The second kappa shape index (κ2) is 10.2. The third kappa shape index (κ3) is 6.05. The van der Waals surface area contributed by atoms with Crippen LogP contribution in [-0.4, -0.2) is 58.9 Å². The summed E-state index contributed by atoms with van der Waals surface area (Å²) in [7, 11) is 0. The lowest BCUT2D eigenvalue weighted by Gasteiger charge is -2.33. The summed E-state index contributed by atoms with van der Waals surface area (Å²) in [5.41, 5.74) is 0.893. The van der Waals surface area contributed by atoms with E-state index in [0.29, 0.717) is 25.8 Å². The SMILES string of the molecule is CSCCC(NC(=O)Cc1ccccc1)C(=O)N1CCC[C@H](C(=O)O)C1. The summed E-state index contributed by atoms with van der Waals surface area (Å²) in [4.78, 5) is 38.1. The van der Waals surface area contributed by atoms with Gasteiger partial charge in [0.1, 0.15) is 6.04 Å². The van der Waals surface area contributed by atoms with Gasteiger partial charge in [0.05, 0.1) is 12.3 Å². The topological polar surface area (TPSA) is 86.7 Å². The first-order valence-corrected chi connectivity index (χ1v) is 10.2. The van der Waals surface area contributed by atoms with Crippen molar-refractivity contribution in [1.29, 1.82) is 0 Å². The first kappa shape index (κ1) is 20.3. The van der Waals surface area contributed by atoms with Gasteiger partial charge in [0.15, 0.2) is 0 Å². The highest BCUT2D eigenvalue weighted by molar-refractivity contribution is 7.98. The highest BCUT2D eigenvalue weighted by Gasteiger charge is 2.32. The van der Waals surface area contributed by atoms with Crippen LogP contribution in [0.4, 0.5) is 0 Å². The highest BCUT2D eigenvalue weighted by atomic mass is 32.2. The molecule has 0 saturated carbocycles. The van der Waals surface area contributed by atoms with E-state index in [1.54, 1.807) is 16.7 Å². The van der Waals surface area contributed by atoms with Gasteiger partial charge in [0, 0.05) is 13.1 Å². The van der Waals surface area contributed by atoms with Gasteiger partial charge in [-0.05, 0) is 36.8 Å². The number of rotatable bonds is 8. The van der Waals surface area contributed by atoms with E-state index in [2.05, 4.69) is 5.32 Å². The van der Waals surface area contributed by atoms with Gasteiger partial charge in [-0.1, -0.05) is 30.3 Å². The van der Waals surface area contributed by atoms with E-state index in [0.717, 1.165) is 11.3 Å². The average molecular weight is 378 g/mol. The second-order valence-corrected chi connectivity index (χ2v) is 7.51. The third-order valence-corrected chi connectivity index (χ3v) is 5.18. The lowest BCUT2D eigenvalue weighted by atomic mass is 9.97. The van der Waals surface area contributed by atoms with Gasteiger partial charge in [-0.25, -0.2) is 0 Å². The maximum atomic E-state index is 12.9. The number of carboxylic acids is 1. The van der Waals surface area contributed by atoms with Crippen molar-refractivity contribution in [2.24, 2.45) is 5.92 Å². The normalized spacial score (nSPS) is 18.2. The van der Waals surface area contributed by atoms with Crippen LogP contribution in [0.15, 0.2) is 30.3 Å². The highest BCUT2D eigenvalue weighted by Crippen LogP contribution is 2.18. The van der Waals surface area contributed by atoms with Crippen LogP contribution in [0.25, 0.3) is 0 Å². The van der Waals surface area contributed by atoms with E-state index >= 15 is 0 Å². The largest absolute Gasteiger partial charge is 0.481 e. The van der Waals surface area contributed by atoms with Crippen molar-refractivity contribution in [3.63, 3.8) is 0 Å². The number of amides is 2. The van der Waals surface area contributed by atoms with E-state index in [1.807, 2.05) is 36.6 Å². The minimum Gasteiger partial charge on any atom is -0.481 e. The molecule has 2 amide bonds. The van der Waals surface area contributed by atoms with Crippen molar-refractivity contribution >= 4 is 29.5 Å². The minimum absolute atomic E-state index is 0.175. The molecule has 142 valence electrons. The number of hydrogen-bond donors (Lipinski definition) is 2. The molecule has 2 rings (SSSR count). The van der Waals surface area contributed by atoms with E-state index in [9.17, 15) is 19.5 Å². The third-order valence-electron chi connectivity index (χ3n) is 4.53. The maximum Gasteiger partial charge on any atom is 0.308 e. The van der Waals surface area contributed by atoms with Crippen molar-refractivity contribution in [2.75, 3.05) is 25.1 Å². The Morgan fingerprint density at radius 2 is 2.04 bits per heavy atom. The molecule has 2 atom stereocenters. The number of likely N-dealkylation sites (tertiary alicyclic amines) is 1. The Labute approximate surface area is 158 Å². The predicted molar refractivity (Wildman–Crippen MR) is 102 cm³/mol. The lowest BCUT2D eigenvalue weighted by molar-refractivity contribution is -0.146. The lowest BCUT2D eigenvalue weighted by Crippen LogP contribution is -2.52. The predicted octanol–water partition coefficient (Wildman–Crippen LogP) is 1.79. The van der Waals surface area contributed by atoms with Crippen LogP contribution in [-0.2, 0) is 20.8 Å². The van der Waals surface area contributed by atoms with Gasteiger partial charge in [-0.3, -0.25) is 14.4 Å². The smallest absolute Gasteiger partial charge is 0.308 e. The molecule has 1 aliphatic heterocycles. The number of aliphatic carboxylic acids is 1. The summed E-state index contributed by atoms with van der Waals surface area (Å²) >= 11 is 1.61. The Hall–Kier alpha value is -2.02. The number of nitrogens with zero attached hydrogens (tertiary/aromatic N) is 1. The summed E-state index contributed by atoms with van der Waals surface area (Å²) in [5, 5.41) is 12.1. The van der Waals surface area contributed by atoms with Crippen molar-refractivity contribution in [3.8, 4) is 0 Å². The van der Waals surface area contributed by atoms with Crippen LogP contribution in [0.5, 0.6) is 0 Å². The molecule has 1 aromatic rings. The number of thioether (sulfide) groups is 1. The minimum atomic E-state index is -0.865. The molecule has 1 fully saturated rings. The number of nitrogens with one attached hydrogen (secondary N) is 1. The van der Waals surface area contributed by atoms with Crippen molar-refractivity contribution in [1.82, 2.24) is 10.2 Å². The first-order chi connectivity index (χ1) is 12.5. The van der Waals surface area contributed by atoms with Crippen LogP contribution in [0.3, 0.4) is 0 Å². The van der Waals surface area contributed by atoms with Crippen molar-refractivity contribution < 1.29 is 19.5 Å². The molecule has 1 heterocycles. The standard InChI is InChI=1S/C19H26N2O4S/c1-26-11-9-16(20-17(22)12-14-6-3-2-4-7-14)18(23)21-10-5-8-15(13-21)19(24)25/h2-4,6-7,15-16H,5,8-13H2,1H3,(H,20,22)(H,24,25)/t15-,16?/m0/s1. The van der Waals surface area contributed by atoms with E-state index in [1.165, 1.54) is 0 Å². The number of carboxylic acid groups (broad SMARTS) is 1. The first-order valence-electron chi connectivity index (χ1n) is 8.85. The molecule has 1 saturated heterocycles. The summed E-state index contributed by atoms with van der Waals surface area (Å²) in [6, 6.07) is 8.78. The van der Waals surface area contributed by atoms with Gasteiger partial charge in [0.25, 0.3) is 0 Å². The van der Waals surface area contributed by atoms with Gasteiger partial charge in [0.2, 0.25) is 11.8 Å². The fourth-order valence-corrected chi connectivity index (χ4v) is 3.59. The zero-order valence-electron chi connectivity index (χ0n) is 15.0. The Morgan fingerprint density at radius 1 is 1.31 bits per heavy atom. The molecule has 1 aliphatic rings. The van der Waals surface area contributed by atoms with Crippen LogP contribution in [0.2, 0.25) is 0 Å². The average Bonchev–Trinajstić information content (AvgIpc) is 2.65. The molecule has 0 aromatic heterocycles. The van der Waals surface area contributed by atoms with Crippen molar-refractivity contribution in [2.45, 2.75) is 31.7 Å². The molecule has 1 aromatic carbocycles. The van der Waals surface area contributed by atoms with E-state index in [-0.39, 0.29) is 24.8 Å². The van der Waals surface area contributed by atoms with Gasteiger partial charge < -0.3 is 15.3 Å². The van der Waals surface area contributed by atoms with Crippen molar-refractivity contribution in [3.05, 3.63) is 35.9 Å². The zero-order chi connectivity index (χ0) is 18.9. The van der Waals surface area contributed by atoms with Crippen LogP contribution < -0.4 is 5.32 Å². The quantitative estimate of drug-likeness (QED) is 0.720. The Morgan fingerprint density at radius 3 is 2.69 bits per heavy atom. The fourth-order valence-electron chi connectivity index (χ4n) is 3.12. The van der Waals surface area contributed by atoms with Crippen LogP contribution in [0.1, 0.15) is 24.8 Å². The zero-order valence-corrected chi connectivity index (χ0v) is 15.8. The molecule has 26 heavy (non-hydrogen) atoms. The summed E-state index contributed by atoms with van der Waals surface area (Å²) < 4.78 is 0. The van der Waals surface area contributed by atoms with Crippen LogP contribution >= 0.6 is 11.8 Å². The Balaban J connectivity index is 1.99. The Kier molecular flexibility index (Phi) is 7.97. The Bertz CT molecular complexity index is 623. The molecule has 2 N–H and O–H groups in total. The summed E-state index contributed by atoms with van der Waals surface area (Å²) in [6.45, 7) is 0.769. The second-order valence-electron chi connectivity index (χ2n) is 6.53. The van der Waals surface area contributed by atoms with E-state index < -0.39 is 17.9 Å². The number of hydrogen-bond acceptors (Lipinski definition) is 4. The molecule has 0 spiro atoms. The molecule has 0 bridgehead atoms. The van der Waals surface area contributed by atoms with Crippen LogP contribution in [0, 0.1) is 5.92 Å². The maximum absolute atomic E-state index is 12.9. The number of carbonyl (C=O) groups is 3. The fraction of sp³-hybridized carbons (Fsp3) is 0.526. The van der Waals surface area contributed by atoms with Gasteiger partial charge >= 0.3 is 5.97 Å². The number of benzene rings is 1. The number of carbonyl (C=O) groups excluding carboxylic acids is 2. The monoisotopic (exact) mass is 378 g/mol. The molecule has 0 aliphatic carbocycles. The van der Waals surface area contributed by atoms with Gasteiger partial charge in [-0.2, -0.15) is 11.8 Å². The van der Waals surface area contributed by atoms with E-state index in [4.69, 9.17) is 0 Å². The summed E-state index contributed by atoms with van der Waals surface area (Å²) in [6.07, 6.45) is 3.98. The molecular formula is C19H26N2O4S. The molecule has 1 unspecified atom stereocenters. The molecule has 6 nitrogen and oxygen atoms in total. The molecule has 0 radical (unpaired) electrons. The molecule has 7 heteroatoms. The molecular weight excluding hydrogens is 352 g/mol. The van der Waals surface area contributed by atoms with Gasteiger partial charge in [-0.15, -0.1) is 0 Å². The number of piperidine rings is 1.